The molecule has 29 heavy (non-hydrogen) atoms. The molecule has 0 saturated carbocycles. The normalized spacial score (nSPS) is 16.0. The molecule has 0 spiro atoms. The van der Waals surface area contributed by atoms with Gasteiger partial charge in [0.05, 0.1) is 27.8 Å². The summed E-state index contributed by atoms with van der Waals surface area (Å²) in [5.74, 6) is -0.576. The third-order valence-electron chi connectivity index (χ3n) is 4.41. The fourth-order valence-corrected chi connectivity index (χ4v) is 4.36. The van der Waals surface area contributed by atoms with Crippen molar-refractivity contribution in [3.05, 3.63) is 47.0 Å². The Kier molecular flexibility index (Phi) is 5.83. The van der Waals surface area contributed by atoms with Crippen molar-refractivity contribution in [2.24, 2.45) is 0 Å². The Labute approximate surface area is 173 Å². The van der Waals surface area contributed by atoms with Crippen molar-refractivity contribution in [1.82, 2.24) is 4.31 Å². The zero-order valence-electron chi connectivity index (χ0n) is 16.0. The van der Waals surface area contributed by atoms with Gasteiger partial charge in [0.2, 0.25) is 15.9 Å². The van der Waals surface area contributed by atoms with E-state index in [2.05, 4.69) is 10.6 Å². The van der Waals surface area contributed by atoms with E-state index in [1.165, 1.54) is 19.2 Å². The molecule has 0 saturated heterocycles. The largest absolute Gasteiger partial charge is 0.479 e. The number of anilines is 2. The lowest BCUT2D eigenvalue weighted by Crippen LogP contribution is -2.36. The van der Waals surface area contributed by atoms with E-state index in [9.17, 15) is 18.0 Å². The zero-order chi connectivity index (χ0) is 21.3. The maximum atomic E-state index is 13.0. The molecule has 2 amide bonds. The quantitative estimate of drug-likeness (QED) is 0.748. The first kappa shape index (κ1) is 21.1. The van der Waals surface area contributed by atoms with Crippen LogP contribution in [0.1, 0.15) is 12.5 Å². The summed E-state index contributed by atoms with van der Waals surface area (Å²) in [6, 6.07) is 9.56. The van der Waals surface area contributed by atoms with Crippen LogP contribution in [0.5, 0.6) is 5.75 Å². The minimum Gasteiger partial charge on any atom is -0.479 e. The summed E-state index contributed by atoms with van der Waals surface area (Å²) in [6.07, 6.45) is -0.736. The first-order valence-electron chi connectivity index (χ1n) is 8.72. The molecule has 1 unspecified atom stereocenters. The highest BCUT2D eigenvalue weighted by molar-refractivity contribution is 7.89. The molecule has 0 aliphatic carbocycles. The Bertz CT molecular complexity index is 1090. The number of likely N-dealkylation sites (N-methyl/N-ethyl adjacent to an activating group) is 1. The SMILES string of the molecule is Cc1cc2c(cc1S(=O)(=O)N(C)CC(=O)Nc1ccccc1Cl)OC(C)C(=O)N2. The van der Waals surface area contributed by atoms with Crippen LogP contribution in [-0.2, 0) is 19.6 Å². The molecular formula is C19H20ClN3O5S. The van der Waals surface area contributed by atoms with Gasteiger partial charge in [0.15, 0.2) is 6.10 Å². The molecular weight excluding hydrogens is 418 g/mol. The fourth-order valence-electron chi connectivity index (χ4n) is 2.83. The Morgan fingerprint density at radius 1 is 1.31 bits per heavy atom. The van der Waals surface area contributed by atoms with Crippen molar-refractivity contribution >= 4 is 44.8 Å². The van der Waals surface area contributed by atoms with Gasteiger partial charge in [-0.1, -0.05) is 23.7 Å². The number of para-hydroxylation sites is 1. The highest BCUT2D eigenvalue weighted by Gasteiger charge is 2.30. The van der Waals surface area contributed by atoms with Crippen molar-refractivity contribution in [3.63, 3.8) is 0 Å². The Morgan fingerprint density at radius 3 is 2.69 bits per heavy atom. The maximum Gasteiger partial charge on any atom is 0.265 e. The average Bonchev–Trinajstić information content (AvgIpc) is 2.64. The minimum atomic E-state index is -3.98. The summed E-state index contributed by atoms with van der Waals surface area (Å²) < 4.78 is 32.5. The molecule has 2 aromatic rings. The predicted octanol–water partition coefficient (Wildman–Crippen LogP) is 2.63. The summed E-state index contributed by atoms with van der Waals surface area (Å²) >= 11 is 6.01. The first-order valence-corrected chi connectivity index (χ1v) is 10.5. The number of benzene rings is 2. The number of halogens is 1. The number of nitrogens with zero attached hydrogens (tertiary/aromatic N) is 1. The predicted molar refractivity (Wildman–Crippen MR) is 110 cm³/mol. The van der Waals surface area contributed by atoms with Gasteiger partial charge in [0.1, 0.15) is 5.75 Å². The number of carbonyl (C=O) groups excluding carboxylic acids is 2. The van der Waals surface area contributed by atoms with Crippen molar-refractivity contribution < 1.29 is 22.7 Å². The lowest BCUT2D eigenvalue weighted by atomic mass is 10.1. The lowest BCUT2D eigenvalue weighted by molar-refractivity contribution is -0.122. The van der Waals surface area contributed by atoms with Crippen molar-refractivity contribution in [2.75, 3.05) is 24.2 Å². The highest BCUT2D eigenvalue weighted by atomic mass is 35.5. The number of aryl methyl sites for hydroxylation is 1. The molecule has 2 aromatic carbocycles. The summed E-state index contributed by atoms with van der Waals surface area (Å²) in [5.41, 5.74) is 1.22. The molecule has 1 aliphatic rings. The number of hydrogen-bond donors (Lipinski definition) is 2. The van der Waals surface area contributed by atoms with Crippen LogP contribution in [0.2, 0.25) is 5.02 Å². The fraction of sp³-hybridized carbons (Fsp3) is 0.263. The number of amides is 2. The Balaban J connectivity index is 1.81. The summed E-state index contributed by atoms with van der Waals surface area (Å²) in [6.45, 7) is 2.77. The molecule has 2 N–H and O–H groups in total. The number of rotatable bonds is 5. The van der Waals surface area contributed by atoms with Gasteiger partial charge < -0.3 is 15.4 Å². The second kappa shape index (κ2) is 8.02. The number of fused-ring (bicyclic) bond motifs is 1. The Morgan fingerprint density at radius 2 is 2.00 bits per heavy atom. The number of carbonyl (C=O) groups is 2. The van der Waals surface area contributed by atoms with Crippen LogP contribution in [0, 0.1) is 6.92 Å². The second-order valence-electron chi connectivity index (χ2n) is 6.65. The molecule has 0 fully saturated rings. The molecule has 0 aromatic heterocycles. The van der Waals surface area contributed by atoms with Gasteiger partial charge in [-0.3, -0.25) is 9.59 Å². The highest BCUT2D eigenvalue weighted by Crippen LogP contribution is 2.35. The second-order valence-corrected chi connectivity index (χ2v) is 9.07. The van der Waals surface area contributed by atoms with Gasteiger partial charge in [-0.2, -0.15) is 4.31 Å². The van der Waals surface area contributed by atoms with E-state index in [-0.39, 0.29) is 16.6 Å². The topological polar surface area (TPSA) is 105 Å². The number of sulfonamides is 1. The van der Waals surface area contributed by atoms with Gasteiger partial charge in [0.25, 0.3) is 5.91 Å². The Hall–Kier alpha value is -2.62. The standard InChI is InChI=1S/C19H20ClN3O5S/c1-11-8-15-16(28-12(2)19(25)22-15)9-17(11)29(26,27)23(3)10-18(24)21-14-7-5-4-6-13(14)20/h4-9,12H,10H2,1-3H3,(H,21,24)(H,22,25). The third-order valence-corrected chi connectivity index (χ3v) is 6.69. The van der Waals surface area contributed by atoms with E-state index in [1.54, 1.807) is 38.1 Å². The maximum absolute atomic E-state index is 13.0. The van der Waals surface area contributed by atoms with Crippen molar-refractivity contribution in [2.45, 2.75) is 24.8 Å². The van der Waals surface area contributed by atoms with Gasteiger partial charge in [-0.05, 0) is 37.6 Å². The van der Waals surface area contributed by atoms with Crippen LogP contribution < -0.4 is 15.4 Å². The summed E-state index contributed by atoms with van der Waals surface area (Å²) in [5, 5.41) is 5.62. The average molecular weight is 438 g/mol. The number of nitrogens with one attached hydrogen (secondary N) is 2. The molecule has 0 bridgehead atoms. The number of hydrogen-bond acceptors (Lipinski definition) is 5. The summed E-state index contributed by atoms with van der Waals surface area (Å²) in [4.78, 5) is 24.0. The van der Waals surface area contributed by atoms with E-state index in [1.807, 2.05) is 0 Å². The zero-order valence-corrected chi connectivity index (χ0v) is 17.6. The smallest absolute Gasteiger partial charge is 0.265 e. The third kappa shape index (κ3) is 4.36. The molecule has 0 radical (unpaired) electrons. The van der Waals surface area contributed by atoms with Crippen LogP contribution in [0.3, 0.4) is 0 Å². The van der Waals surface area contributed by atoms with Crippen molar-refractivity contribution in [3.8, 4) is 5.75 Å². The molecule has 10 heteroatoms. The van der Waals surface area contributed by atoms with Gasteiger partial charge in [-0.15, -0.1) is 0 Å². The van der Waals surface area contributed by atoms with E-state index in [0.29, 0.717) is 22.0 Å². The van der Waals surface area contributed by atoms with Crippen molar-refractivity contribution in [1.29, 1.82) is 0 Å². The van der Waals surface area contributed by atoms with E-state index < -0.39 is 28.6 Å². The van der Waals surface area contributed by atoms with Crippen LogP contribution >= 0.6 is 11.6 Å². The van der Waals surface area contributed by atoms with E-state index in [4.69, 9.17) is 16.3 Å². The van der Waals surface area contributed by atoms with Crippen LogP contribution in [0.4, 0.5) is 11.4 Å². The summed E-state index contributed by atoms with van der Waals surface area (Å²) in [7, 11) is -2.67. The number of ether oxygens (including phenoxy) is 1. The van der Waals surface area contributed by atoms with Gasteiger partial charge in [0, 0.05) is 13.1 Å². The van der Waals surface area contributed by atoms with Gasteiger partial charge >= 0.3 is 0 Å². The molecule has 1 aliphatic heterocycles. The van der Waals surface area contributed by atoms with Crippen LogP contribution in [0.25, 0.3) is 0 Å². The van der Waals surface area contributed by atoms with Crippen LogP contribution in [-0.4, -0.2) is 44.2 Å². The molecule has 1 atom stereocenters. The molecule has 154 valence electrons. The van der Waals surface area contributed by atoms with E-state index in [0.717, 1.165) is 4.31 Å². The molecule has 8 nitrogen and oxygen atoms in total. The first-order chi connectivity index (χ1) is 13.6. The lowest BCUT2D eigenvalue weighted by Gasteiger charge is -2.25. The monoisotopic (exact) mass is 437 g/mol. The van der Waals surface area contributed by atoms with Crippen LogP contribution in [0.15, 0.2) is 41.3 Å². The van der Waals surface area contributed by atoms with Gasteiger partial charge in [-0.25, -0.2) is 8.42 Å². The molecule has 3 rings (SSSR count). The molecule has 1 heterocycles. The van der Waals surface area contributed by atoms with E-state index >= 15 is 0 Å². The minimum absolute atomic E-state index is 0.00681.